The highest BCUT2D eigenvalue weighted by Gasteiger charge is 2.31. The van der Waals surface area contributed by atoms with E-state index >= 15 is 0 Å². The first-order valence-electron chi connectivity index (χ1n) is 9.79. The molecule has 9 heteroatoms. The van der Waals surface area contributed by atoms with Crippen LogP contribution in [0.5, 0.6) is 11.5 Å². The summed E-state index contributed by atoms with van der Waals surface area (Å²) in [6.45, 7) is 2.09. The molecule has 4 nitrogen and oxygen atoms in total. The molecule has 0 unspecified atom stereocenters. The average Bonchev–Trinajstić information content (AvgIpc) is 2.72. The Morgan fingerprint density at radius 1 is 0.906 bits per heavy atom. The van der Waals surface area contributed by atoms with Crippen LogP contribution in [0.1, 0.15) is 17.4 Å². The molecule has 0 amide bonds. The molecule has 0 aromatic heterocycles. The molecule has 1 aliphatic heterocycles. The second kappa shape index (κ2) is 8.91. The zero-order chi connectivity index (χ0) is 22.9. The highest BCUT2D eigenvalue weighted by Crippen LogP contribution is 2.31. The summed E-state index contributed by atoms with van der Waals surface area (Å²) in [6.07, 6.45) is -5.43. The molecule has 1 saturated heterocycles. The molecule has 0 radical (unpaired) electrons. The molecule has 0 bridgehead atoms. The van der Waals surface area contributed by atoms with E-state index in [0.717, 1.165) is 0 Å². The van der Waals surface area contributed by atoms with Gasteiger partial charge in [0.2, 0.25) is 0 Å². The van der Waals surface area contributed by atoms with Crippen molar-refractivity contribution in [2.24, 2.45) is 5.92 Å². The van der Waals surface area contributed by atoms with E-state index in [4.69, 9.17) is 14.2 Å². The molecule has 3 aromatic carbocycles. The van der Waals surface area contributed by atoms with Gasteiger partial charge in [0, 0.05) is 11.5 Å². The average molecular weight is 454 g/mol. The molecule has 32 heavy (non-hydrogen) atoms. The fraction of sp³-hybridized carbons (Fsp3) is 0.304. The lowest BCUT2D eigenvalue weighted by atomic mass is 10.1. The standard InChI is InChI=1S/C23H19F5O4/c1-13-6-19(24)21(20(25)7-13)29-10-14-11-30-22(31-12-14)17-3-2-16-9-18(32-23(26,27)28)5-4-15(16)8-17/h2-9,14,22H,10-12H2,1H3. The highest BCUT2D eigenvalue weighted by molar-refractivity contribution is 5.84. The monoisotopic (exact) mass is 454 g/mol. The summed E-state index contributed by atoms with van der Waals surface area (Å²) >= 11 is 0. The third kappa shape index (κ3) is 5.28. The summed E-state index contributed by atoms with van der Waals surface area (Å²) in [7, 11) is 0. The Morgan fingerprint density at radius 3 is 2.19 bits per heavy atom. The van der Waals surface area contributed by atoms with Crippen LogP contribution in [0.4, 0.5) is 22.0 Å². The van der Waals surface area contributed by atoms with E-state index in [9.17, 15) is 22.0 Å². The molecule has 1 heterocycles. The van der Waals surface area contributed by atoms with Gasteiger partial charge in [-0.15, -0.1) is 13.2 Å². The summed E-state index contributed by atoms with van der Waals surface area (Å²) in [6, 6.07) is 11.5. The van der Waals surface area contributed by atoms with Gasteiger partial charge in [0.25, 0.3) is 0 Å². The van der Waals surface area contributed by atoms with Gasteiger partial charge in [-0.3, -0.25) is 0 Å². The van der Waals surface area contributed by atoms with Crippen LogP contribution in [0, 0.1) is 24.5 Å². The van der Waals surface area contributed by atoms with E-state index in [2.05, 4.69) is 4.74 Å². The lowest BCUT2D eigenvalue weighted by Gasteiger charge is -2.29. The molecule has 170 valence electrons. The zero-order valence-electron chi connectivity index (χ0n) is 16.9. The lowest BCUT2D eigenvalue weighted by molar-refractivity contribution is -0.274. The summed E-state index contributed by atoms with van der Waals surface area (Å²) < 4.78 is 85.6. The van der Waals surface area contributed by atoms with Crippen molar-refractivity contribution >= 4 is 10.8 Å². The fourth-order valence-corrected chi connectivity index (χ4v) is 3.44. The summed E-state index contributed by atoms with van der Waals surface area (Å²) in [5, 5.41) is 1.26. The Hall–Kier alpha value is -2.91. The van der Waals surface area contributed by atoms with E-state index in [1.807, 2.05) is 0 Å². The smallest absolute Gasteiger partial charge is 0.487 e. The van der Waals surface area contributed by atoms with Gasteiger partial charge in [-0.05, 0) is 53.6 Å². The van der Waals surface area contributed by atoms with E-state index in [1.165, 1.54) is 30.3 Å². The van der Waals surface area contributed by atoms with Gasteiger partial charge in [-0.2, -0.15) is 0 Å². The maximum atomic E-state index is 13.9. The fourth-order valence-electron chi connectivity index (χ4n) is 3.44. The molecule has 0 N–H and O–H groups in total. The second-order valence-corrected chi connectivity index (χ2v) is 7.55. The number of halogens is 5. The minimum Gasteiger partial charge on any atom is -0.487 e. The van der Waals surface area contributed by atoms with Crippen molar-refractivity contribution in [2.75, 3.05) is 19.8 Å². The summed E-state index contributed by atoms with van der Waals surface area (Å²) in [4.78, 5) is 0. The number of alkyl halides is 3. The van der Waals surface area contributed by atoms with E-state index in [0.29, 0.717) is 21.9 Å². The van der Waals surface area contributed by atoms with E-state index in [1.54, 1.807) is 25.1 Å². The Labute approximate surface area is 180 Å². The van der Waals surface area contributed by atoms with Crippen LogP contribution in [0.15, 0.2) is 48.5 Å². The van der Waals surface area contributed by atoms with Crippen LogP contribution in [0.3, 0.4) is 0 Å². The van der Waals surface area contributed by atoms with Crippen LogP contribution in [0.2, 0.25) is 0 Å². The highest BCUT2D eigenvalue weighted by atomic mass is 19.4. The van der Waals surface area contributed by atoms with E-state index < -0.39 is 30.0 Å². The van der Waals surface area contributed by atoms with Crippen molar-refractivity contribution in [3.05, 3.63) is 71.3 Å². The second-order valence-electron chi connectivity index (χ2n) is 7.55. The number of hydrogen-bond acceptors (Lipinski definition) is 4. The lowest BCUT2D eigenvalue weighted by Crippen LogP contribution is -2.31. The van der Waals surface area contributed by atoms with Crippen molar-refractivity contribution in [1.29, 1.82) is 0 Å². The number of fused-ring (bicyclic) bond motifs is 1. The normalized spacial score (nSPS) is 19.2. The molecule has 1 fully saturated rings. The van der Waals surface area contributed by atoms with Crippen LogP contribution in [0.25, 0.3) is 10.8 Å². The number of ether oxygens (including phenoxy) is 4. The Balaban J connectivity index is 1.36. The van der Waals surface area contributed by atoms with Crippen molar-refractivity contribution < 1.29 is 40.9 Å². The maximum absolute atomic E-state index is 13.9. The van der Waals surface area contributed by atoms with Gasteiger partial charge in [0.1, 0.15) is 5.75 Å². The largest absolute Gasteiger partial charge is 0.573 e. The molecule has 0 spiro atoms. The first-order chi connectivity index (χ1) is 15.2. The minimum atomic E-state index is -4.76. The quantitative estimate of drug-likeness (QED) is 0.439. The van der Waals surface area contributed by atoms with Crippen LogP contribution < -0.4 is 9.47 Å². The number of hydrogen-bond donors (Lipinski definition) is 0. The van der Waals surface area contributed by atoms with Gasteiger partial charge >= 0.3 is 6.36 Å². The molecule has 0 atom stereocenters. The van der Waals surface area contributed by atoms with Gasteiger partial charge in [-0.25, -0.2) is 8.78 Å². The van der Waals surface area contributed by atoms with Crippen molar-refractivity contribution in [3.63, 3.8) is 0 Å². The third-order valence-corrected chi connectivity index (χ3v) is 4.91. The third-order valence-electron chi connectivity index (χ3n) is 4.91. The Morgan fingerprint density at radius 2 is 1.53 bits per heavy atom. The Kier molecular flexibility index (Phi) is 6.21. The van der Waals surface area contributed by atoms with Gasteiger partial charge in [0.15, 0.2) is 23.7 Å². The minimum absolute atomic E-state index is 0.0172. The van der Waals surface area contributed by atoms with E-state index in [-0.39, 0.29) is 31.5 Å². The van der Waals surface area contributed by atoms with Gasteiger partial charge in [0.05, 0.1) is 19.8 Å². The molecule has 4 rings (SSSR count). The number of aryl methyl sites for hydroxylation is 1. The molecular formula is C23H19F5O4. The van der Waals surface area contributed by atoms with Crippen molar-refractivity contribution in [1.82, 2.24) is 0 Å². The van der Waals surface area contributed by atoms with Crippen molar-refractivity contribution in [3.8, 4) is 11.5 Å². The Bertz CT molecular complexity index is 1080. The first kappa shape index (κ1) is 22.3. The van der Waals surface area contributed by atoms with Crippen LogP contribution in [-0.4, -0.2) is 26.2 Å². The number of rotatable bonds is 5. The molecule has 0 aliphatic carbocycles. The van der Waals surface area contributed by atoms with Gasteiger partial charge in [-0.1, -0.05) is 18.2 Å². The summed E-state index contributed by atoms with van der Waals surface area (Å²) in [5.74, 6) is -2.49. The predicted octanol–water partition coefficient (Wildman–Crippen LogP) is 6.07. The molecule has 1 aliphatic rings. The summed E-state index contributed by atoms with van der Waals surface area (Å²) in [5.41, 5.74) is 1.15. The molecular weight excluding hydrogens is 435 g/mol. The zero-order valence-corrected chi connectivity index (χ0v) is 16.9. The van der Waals surface area contributed by atoms with Crippen molar-refractivity contribution in [2.45, 2.75) is 19.6 Å². The van der Waals surface area contributed by atoms with Crippen LogP contribution in [-0.2, 0) is 9.47 Å². The first-order valence-corrected chi connectivity index (χ1v) is 9.79. The molecule has 0 saturated carbocycles. The SMILES string of the molecule is Cc1cc(F)c(OCC2COC(c3ccc4cc(OC(F)(F)F)ccc4c3)OC2)c(F)c1. The number of benzene rings is 3. The van der Waals surface area contributed by atoms with Crippen LogP contribution >= 0.6 is 0 Å². The molecule has 3 aromatic rings. The topological polar surface area (TPSA) is 36.9 Å². The van der Waals surface area contributed by atoms with Gasteiger partial charge < -0.3 is 18.9 Å². The predicted molar refractivity (Wildman–Crippen MR) is 105 cm³/mol. The maximum Gasteiger partial charge on any atom is 0.573 e.